The monoisotopic (exact) mass is 527 g/mol. The van der Waals surface area contributed by atoms with Crippen molar-refractivity contribution in [2.24, 2.45) is 10.3 Å². The molecule has 36 heavy (non-hydrogen) atoms. The van der Waals surface area contributed by atoms with Crippen LogP contribution >= 0.6 is 0 Å². The predicted octanol–water partition coefficient (Wildman–Crippen LogP) is 4.55. The van der Waals surface area contributed by atoms with Crippen molar-refractivity contribution in [3.8, 4) is 5.75 Å². The molecule has 3 aromatic rings. The second-order valence-electron chi connectivity index (χ2n) is 9.38. The Balaban J connectivity index is 1.64. The van der Waals surface area contributed by atoms with Crippen molar-refractivity contribution in [3.05, 3.63) is 47.7 Å². The van der Waals surface area contributed by atoms with Gasteiger partial charge < -0.3 is 19.8 Å². The van der Waals surface area contributed by atoms with Crippen molar-refractivity contribution < 1.29 is 31.2 Å². The van der Waals surface area contributed by atoms with Crippen molar-refractivity contribution in [2.45, 2.75) is 30.6 Å². The van der Waals surface area contributed by atoms with Gasteiger partial charge in [0.05, 0.1) is 23.6 Å². The van der Waals surface area contributed by atoms with E-state index in [1.807, 2.05) is 0 Å². The summed E-state index contributed by atoms with van der Waals surface area (Å²) in [6.07, 6.45) is 0.668. The largest absolute Gasteiger partial charge is 0.493 e. The van der Waals surface area contributed by atoms with E-state index in [9.17, 15) is 21.8 Å². The molecule has 13 heteroatoms. The van der Waals surface area contributed by atoms with Crippen LogP contribution in [0.1, 0.15) is 30.1 Å². The topological polar surface area (TPSA) is 101 Å². The number of ether oxygens (including phenoxy) is 2. The molecule has 0 amide bonds. The highest BCUT2D eigenvalue weighted by Gasteiger charge is 2.48. The number of nitrogens with one attached hydrogen (secondary N) is 2. The Labute approximate surface area is 205 Å². The summed E-state index contributed by atoms with van der Waals surface area (Å²) in [5.41, 5.74) is -1.12. The Morgan fingerprint density at radius 2 is 1.94 bits per heavy atom. The Morgan fingerprint density at radius 1 is 1.19 bits per heavy atom. The van der Waals surface area contributed by atoms with Crippen LogP contribution in [0.15, 0.2) is 35.0 Å². The molecule has 2 atom stereocenters. The molecule has 2 unspecified atom stereocenters. The molecule has 0 spiro atoms. The SMILES string of the molecule is CS(C)(=O)=NC1(C2COc3cc(F)ccc3C2Nc2ncnc3[nH]c(C(F)(F)F)cc23)CCOCC1. The van der Waals surface area contributed by atoms with E-state index >= 15 is 0 Å². The zero-order chi connectivity index (χ0) is 25.7. The van der Waals surface area contributed by atoms with E-state index in [0.29, 0.717) is 37.4 Å². The highest BCUT2D eigenvalue weighted by atomic mass is 32.2. The van der Waals surface area contributed by atoms with E-state index in [4.69, 9.17) is 13.8 Å². The number of anilines is 1. The summed E-state index contributed by atoms with van der Waals surface area (Å²) in [4.78, 5) is 10.5. The van der Waals surface area contributed by atoms with Gasteiger partial charge in [-0.1, -0.05) is 6.07 Å². The normalized spacial score (nSPS) is 22.1. The zero-order valence-electron chi connectivity index (χ0n) is 19.6. The molecule has 1 aromatic carbocycles. The van der Waals surface area contributed by atoms with Crippen LogP contribution < -0.4 is 10.1 Å². The number of alkyl halides is 3. The average Bonchev–Trinajstić information content (AvgIpc) is 3.24. The Morgan fingerprint density at radius 3 is 2.64 bits per heavy atom. The molecule has 0 radical (unpaired) electrons. The molecule has 8 nitrogen and oxygen atoms in total. The van der Waals surface area contributed by atoms with Gasteiger partial charge in [0.1, 0.15) is 35.1 Å². The van der Waals surface area contributed by atoms with Gasteiger partial charge in [-0.05, 0) is 25.0 Å². The standard InChI is InChI=1S/C23H25F4N5O3S/c1-36(2,33)32-22(5-7-34-8-6-22)16-11-35-17-9-13(24)3-4-14(17)19(16)31-21-15-10-18(23(25,26)27)30-20(15)28-12-29-21/h3-4,9-10,12,16,19H,5-8,11H2,1-2H3,(H2,28,29,30,31). The van der Waals surface area contributed by atoms with E-state index in [1.165, 1.54) is 18.5 Å². The van der Waals surface area contributed by atoms with Crippen LogP contribution in [0.4, 0.5) is 23.4 Å². The number of hydrogen-bond acceptors (Lipinski definition) is 7. The lowest BCUT2D eigenvalue weighted by molar-refractivity contribution is -0.140. The molecule has 0 bridgehead atoms. The maximum absolute atomic E-state index is 14.0. The van der Waals surface area contributed by atoms with E-state index < -0.39 is 44.9 Å². The lowest BCUT2D eigenvalue weighted by Gasteiger charge is -2.46. The van der Waals surface area contributed by atoms with Gasteiger partial charge in [-0.3, -0.25) is 4.21 Å². The molecular formula is C23H25F4N5O3S. The minimum atomic E-state index is -4.59. The molecule has 2 aliphatic heterocycles. The van der Waals surface area contributed by atoms with Gasteiger partial charge >= 0.3 is 6.18 Å². The number of H-pyrrole nitrogens is 1. The van der Waals surface area contributed by atoms with Crippen LogP contribution in [0, 0.1) is 11.7 Å². The first kappa shape index (κ1) is 24.8. The number of nitrogens with zero attached hydrogens (tertiary/aromatic N) is 3. The molecule has 0 aliphatic carbocycles. The summed E-state index contributed by atoms with van der Waals surface area (Å²) in [5.74, 6) is -0.387. The number of halogens is 4. The number of fused-ring (bicyclic) bond motifs is 2. The molecule has 194 valence electrons. The molecule has 1 fully saturated rings. The van der Waals surface area contributed by atoms with Gasteiger partial charge in [0.15, 0.2) is 0 Å². The number of aromatic nitrogens is 3. The third-order valence-electron chi connectivity index (χ3n) is 6.61. The van der Waals surface area contributed by atoms with Crippen molar-refractivity contribution in [1.29, 1.82) is 0 Å². The van der Waals surface area contributed by atoms with E-state index in [0.717, 1.165) is 6.07 Å². The first-order chi connectivity index (χ1) is 17.0. The summed E-state index contributed by atoms with van der Waals surface area (Å²) in [5, 5.41) is 3.45. The lowest BCUT2D eigenvalue weighted by atomic mass is 9.72. The Kier molecular flexibility index (Phi) is 6.10. The highest BCUT2D eigenvalue weighted by Crippen LogP contribution is 2.48. The average molecular weight is 528 g/mol. The van der Waals surface area contributed by atoms with Crippen LogP contribution in [-0.2, 0) is 20.6 Å². The van der Waals surface area contributed by atoms with E-state index in [2.05, 4.69) is 20.3 Å². The number of rotatable bonds is 4. The number of aromatic amines is 1. The van der Waals surface area contributed by atoms with Crippen molar-refractivity contribution in [3.63, 3.8) is 0 Å². The second-order valence-corrected chi connectivity index (χ2v) is 11.9. The lowest BCUT2D eigenvalue weighted by Crippen LogP contribution is -2.50. The predicted molar refractivity (Wildman–Crippen MR) is 126 cm³/mol. The van der Waals surface area contributed by atoms with Gasteiger partial charge in [-0.15, -0.1) is 0 Å². The molecule has 2 aliphatic rings. The summed E-state index contributed by atoms with van der Waals surface area (Å²) in [6.45, 7) is 0.939. The molecule has 2 aromatic heterocycles. The third-order valence-corrected chi connectivity index (χ3v) is 7.41. The third kappa shape index (κ3) is 4.73. The van der Waals surface area contributed by atoms with Crippen molar-refractivity contribution >= 4 is 26.6 Å². The van der Waals surface area contributed by atoms with Crippen LogP contribution in [0.3, 0.4) is 0 Å². The molecule has 0 saturated carbocycles. The maximum Gasteiger partial charge on any atom is 0.431 e. The van der Waals surface area contributed by atoms with Gasteiger partial charge in [-0.25, -0.2) is 18.7 Å². The fraction of sp³-hybridized carbons (Fsp3) is 0.478. The first-order valence-corrected chi connectivity index (χ1v) is 13.6. The molecule has 1 saturated heterocycles. The molecule has 4 heterocycles. The highest BCUT2D eigenvalue weighted by molar-refractivity contribution is 7.92. The fourth-order valence-electron chi connectivity index (χ4n) is 5.07. The smallest absolute Gasteiger partial charge is 0.431 e. The van der Waals surface area contributed by atoms with E-state index in [1.54, 1.807) is 18.6 Å². The van der Waals surface area contributed by atoms with Gasteiger partial charge in [-0.2, -0.15) is 13.2 Å². The fourth-order valence-corrected chi connectivity index (χ4v) is 6.27. The van der Waals surface area contributed by atoms with Crippen LogP contribution in [0.5, 0.6) is 5.75 Å². The number of hydrogen-bond donors (Lipinski definition) is 2. The van der Waals surface area contributed by atoms with Gasteiger partial charge in [0, 0.05) is 53.0 Å². The minimum Gasteiger partial charge on any atom is -0.493 e. The Hall–Kier alpha value is -2.93. The molecule has 2 N–H and O–H groups in total. The van der Waals surface area contributed by atoms with E-state index in [-0.39, 0.29) is 23.5 Å². The first-order valence-electron chi connectivity index (χ1n) is 11.3. The summed E-state index contributed by atoms with van der Waals surface area (Å²) in [7, 11) is -2.54. The van der Waals surface area contributed by atoms with Crippen LogP contribution in [-0.4, -0.2) is 57.0 Å². The second kappa shape index (κ2) is 8.87. The van der Waals surface area contributed by atoms with Crippen molar-refractivity contribution in [1.82, 2.24) is 15.0 Å². The van der Waals surface area contributed by atoms with Gasteiger partial charge in [0.25, 0.3) is 0 Å². The van der Waals surface area contributed by atoms with Crippen LogP contribution in [0.25, 0.3) is 11.0 Å². The summed E-state index contributed by atoms with van der Waals surface area (Å²) in [6, 6.07) is 4.51. The number of benzene rings is 1. The van der Waals surface area contributed by atoms with Gasteiger partial charge in [0.2, 0.25) is 0 Å². The zero-order valence-corrected chi connectivity index (χ0v) is 20.4. The summed E-state index contributed by atoms with van der Waals surface area (Å²) >= 11 is 0. The Bertz CT molecular complexity index is 1400. The summed E-state index contributed by atoms with van der Waals surface area (Å²) < 4.78 is 83.3. The molecular weight excluding hydrogens is 502 g/mol. The van der Waals surface area contributed by atoms with Crippen molar-refractivity contribution in [2.75, 3.05) is 37.6 Å². The maximum atomic E-state index is 14.0. The quantitative estimate of drug-likeness (QED) is 0.483. The minimum absolute atomic E-state index is 0.0263. The molecule has 5 rings (SSSR count). The van der Waals surface area contributed by atoms with Crippen LogP contribution in [0.2, 0.25) is 0 Å².